The largest absolute Gasteiger partial charge is 0.354 e. The van der Waals surface area contributed by atoms with Crippen LogP contribution in [0, 0.1) is 5.92 Å². The maximum Gasteiger partial charge on any atom is 0.239 e. The average molecular weight is 282 g/mol. The van der Waals surface area contributed by atoms with Crippen LogP contribution in [0.4, 0.5) is 0 Å². The molecule has 5 nitrogen and oxygen atoms in total. The maximum absolute atomic E-state index is 11.3. The van der Waals surface area contributed by atoms with E-state index in [0.717, 1.165) is 6.54 Å². The highest BCUT2D eigenvalue weighted by Gasteiger charge is 2.14. The van der Waals surface area contributed by atoms with Crippen molar-refractivity contribution in [2.45, 2.75) is 12.8 Å². The van der Waals surface area contributed by atoms with Crippen molar-refractivity contribution in [3.8, 4) is 0 Å². The van der Waals surface area contributed by atoms with Gasteiger partial charge < -0.3 is 16.4 Å². The van der Waals surface area contributed by atoms with E-state index in [1.165, 1.54) is 24.3 Å². The number of halogens is 1. The molecule has 7 heteroatoms. The molecule has 1 aliphatic rings. The summed E-state index contributed by atoms with van der Waals surface area (Å²) in [5.74, 6) is 2.52. The van der Waals surface area contributed by atoms with Crippen molar-refractivity contribution in [1.82, 2.24) is 10.6 Å². The smallest absolute Gasteiger partial charge is 0.239 e. The molecule has 0 saturated carbocycles. The molecule has 1 fully saturated rings. The fraction of sp³-hybridized carbons (Fsp3) is 0.800. The first kappa shape index (κ1) is 16.5. The van der Waals surface area contributed by atoms with Gasteiger partial charge in [-0.25, -0.2) is 0 Å². The molecular formula is C10H20ClN3O2S. The third-order valence-corrected chi connectivity index (χ3v) is 3.61. The standard InChI is InChI=1S/C10H19N3O2S.ClH/c11-5-9(14)13-7-10(15)12-6-8-1-3-16-4-2-8;/h8H,1-7,11H2,(H,12,15)(H,13,14);1H. The monoisotopic (exact) mass is 281 g/mol. The van der Waals surface area contributed by atoms with E-state index in [0.29, 0.717) is 5.92 Å². The molecular weight excluding hydrogens is 262 g/mol. The van der Waals surface area contributed by atoms with Gasteiger partial charge in [0.1, 0.15) is 0 Å². The Kier molecular flexibility index (Phi) is 9.30. The molecule has 0 aromatic carbocycles. The number of nitrogens with two attached hydrogens (primary N) is 1. The van der Waals surface area contributed by atoms with Gasteiger partial charge in [0.25, 0.3) is 0 Å². The van der Waals surface area contributed by atoms with Gasteiger partial charge >= 0.3 is 0 Å². The van der Waals surface area contributed by atoms with Crippen LogP contribution in [0.2, 0.25) is 0 Å². The highest BCUT2D eigenvalue weighted by atomic mass is 35.5. The predicted molar refractivity (Wildman–Crippen MR) is 72.4 cm³/mol. The van der Waals surface area contributed by atoms with Gasteiger partial charge in [0.2, 0.25) is 11.8 Å². The number of amides is 2. The van der Waals surface area contributed by atoms with Crippen molar-refractivity contribution in [2.24, 2.45) is 11.7 Å². The molecule has 0 aliphatic carbocycles. The van der Waals surface area contributed by atoms with Crippen LogP contribution in [0.25, 0.3) is 0 Å². The van der Waals surface area contributed by atoms with Gasteiger partial charge in [0.05, 0.1) is 13.1 Å². The Bertz CT molecular complexity index is 248. The van der Waals surface area contributed by atoms with Gasteiger partial charge in [-0.1, -0.05) is 0 Å². The zero-order valence-electron chi connectivity index (χ0n) is 9.74. The molecule has 0 unspecified atom stereocenters. The number of nitrogens with one attached hydrogen (secondary N) is 2. The molecule has 1 heterocycles. The number of rotatable bonds is 5. The Hall–Kier alpha value is -0.460. The predicted octanol–water partition coefficient (Wildman–Crippen LogP) is -0.258. The normalized spacial score (nSPS) is 15.8. The van der Waals surface area contributed by atoms with Gasteiger partial charge in [-0.05, 0) is 30.3 Å². The van der Waals surface area contributed by atoms with Crippen LogP contribution in [0.3, 0.4) is 0 Å². The first-order valence-corrected chi connectivity index (χ1v) is 6.69. The SMILES string of the molecule is Cl.NCC(=O)NCC(=O)NCC1CCSCC1. The molecule has 0 aromatic heterocycles. The Morgan fingerprint density at radius 3 is 2.41 bits per heavy atom. The summed E-state index contributed by atoms with van der Waals surface area (Å²) >= 11 is 1.97. The van der Waals surface area contributed by atoms with Gasteiger partial charge in [-0.2, -0.15) is 11.8 Å². The van der Waals surface area contributed by atoms with E-state index in [9.17, 15) is 9.59 Å². The van der Waals surface area contributed by atoms with Crippen molar-refractivity contribution >= 4 is 36.0 Å². The lowest BCUT2D eigenvalue weighted by molar-refractivity contribution is -0.125. The molecule has 0 atom stereocenters. The topological polar surface area (TPSA) is 84.2 Å². The highest BCUT2D eigenvalue weighted by molar-refractivity contribution is 7.99. The summed E-state index contributed by atoms with van der Waals surface area (Å²) < 4.78 is 0. The lowest BCUT2D eigenvalue weighted by Gasteiger charge is -2.21. The summed E-state index contributed by atoms with van der Waals surface area (Å²) in [6, 6.07) is 0. The van der Waals surface area contributed by atoms with Crippen LogP contribution >= 0.6 is 24.2 Å². The van der Waals surface area contributed by atoms with Crippen LogP contribution < -0.4 is 16.4 Å². The minimum absolute atomic E-state index is 0. The van der Waals surface area contributed by atoms with Crippen molar-refractivity contribution in [2.75, 3.05) is 31.1 Å². The average Bonchev–Trinajstić information content (AvgIpc) is 2.34. The number of hydrogen-bond donors (Lipinski definition) is 3. The van der Waals surface area contributed by atoms with E-state index < -0.39 is 0 Å². The molecule has 0 radical (unpaired) electrons. The molecule has 0 aromatic rings. The van der Waals surface area contributed by atoms with Crippen molar-refractivity contribution in [3.05, 3.63) is 0 Å². The molecule has 0 spiro atoms. The quantitative estimate of drug-likeness (QED) is 0.648. The summed E-state index contributed by atoms with van der Waals surface area (Å²) in [7, 11) is 0. The third kappa shape index (κ3) is 7.46. The number of hydrogen-bond acceptors (Lipinski definition) is 4. The Morgan fingerprint density at radius 2 is 1.82 bits per heavy atom. The van der Waals surface area contributed by atoms with E-state index in [1.54, 1.807) is 0 Å². The van der Waals surface area contributed by atoms with E-state index in [1.807, 2.05) is 11.8 Å². The second-order valence-electron chi connectivity index (χ2n) is 3.84. The molecule has 4 N–H and O–H groups in total. The van der Waals surface area contributed by atoms with Crippen molar-refractivity contribution < 1.29 is 9.59 Å². The summed E-state index contributed by atoms with van der Waals surface area (Å²) in [4.78, 5) is 22.1. The lowest BCUT2D eigenvalue weighted by atomic mass is 10.0. The van der Waals surface area contributed by atoms with Crippen LogP contribution in [-0.2, 0) is 9.59 Å². The second kappa shape index (κ2) is 9.56. The Labute approximate surface area is 112 Å². The number of thioether (sulfide) groups is 1. The maximum atomic E-state index is 11.3. The van der Waals surface area contributed by atoms with E-state index in [-0.39, 0.29) is 37.3 Å². The zero-order chi connectivity index (χ0) is 11.8. The van der Waals surface area contributed by atoms with Gasteiger partial charge in [0.15, 0.2) is 0 Å². The number of carbonyl (C=O) groups is 2. The van der Waals surface area contributed by atoms with Crippen LogP contribution in [0.5, 0.6) is 0 Å². The molecule has 100 valence electrons. The minimum atomic E-state index is -0.302. The van der Waals surface area contributed by atoms with Gasteiger partial charge in [0, 0.05) is 6.54 Å². The van der Waals surface area contributed by atoms with Crippen molar-refractivity contribution in [1.29, 1.82) is 0 Å². The van der Waals surface area contributed by atoms with Crippen LogP contribution in [-0.4, -0.2) is 43.0 Å². The van der Waals surface area contributed by atoms with Crippen LogP contribution in [0.1, 0.15) is 12.8 Å². The summed E-state index contributed by atoms with van der Waals surface area (Å²) in [5.41, 5.74) is 5.10. The van der Waals surface area contributed by atoms with E-state index >= 15 is 0 Å². The molecule has 1 rings (SSSR count). The molecule has 17 heavy (non-hydrogen) atoms. The molecule has 1 saturated heterocycles. The second-order valence-corrected chi connectivity index (χ2v) is 5.07. The molecule has 2 amide bonds. The summed E-state index contributed by atoms with van der Waals surface area (Å²) in [5, 5.41) is 5.27. The van der Waals surface area contributed by atoms with Crippen molar-refractivity contribution in [3.63, 3.8) is 0 Å². The zero-order valence-corrected chi connectivity index (χ0v) is 11.4. The fourth-order valence-electron chi connectivity index (χ4n) is 1.52. The first-order valence-electron chi connectivity index (χ1n) is 5.53. The van der Waals surface area contributed by atoms with Gasteiger partial charge in [-0.3, -0.25) is 9.59 Å². The van der Waals surface area contributed by atoms with E-state index in [4.69, 9.17) is 5.73 Å². The minimum Gasteiger partial charge on any atom is -0.354 e. The lowest BCUT2D eigenvalue weighted by Crippen LogP contribution is -2.41. The fourth-order valence-corrected chi connectivity index (χ4v) is 2.73. The first-order chi connectivity index (χ1) is 7.72. The van der Waals surface area contributed by atoms with E-state index in [2.05, 4.69) is 10.6 Å². The molecule has 0 bridgehead atoms. The summed E-state index contributed by atoms with van der Waals surface area (Å²) in [6.45, 7) is 0.669. The number of carbonyl (C=O) groups excluding carboxylic acids is 2. The Balaban J connectivity index is 0.00000256. The summed E-state index contributed by atoms with van der Waals surface area (Å²) in [6.07, 6.45) is 2.33. The Morgan fingerprint density at radius 1 is 1.18 bits per heavy atom. The van der Waals surface area contributed by atoms with Gasteiger partial charge in [-0.15, -0.1) is 12.4 Å². The molecule has 1 aliphatic heterocycles. The van der Waals surface area contributed by atoms with Crippen LogP contribution in [0.15, 0.2) is 0 Å². The third-order valence-electron chi connectivity index (χ3n) is 2.56. The highest BCUT2D eigenvalue weighted by Crippen LogP contribution is 2.21.